The Labute approximate surface area is 247 Å². The summed E-state index contributed by atoms with van der Waals surface area (Å²) in [5.74, 6) is -0.890. The Hall–Kier alpha value is -3.07. The number of halogens is 2. The first-order valence-electron chi connectivity index (χ1n) is 13.0. The van der Waals surface area contributed by atoms with Crippen molar-refractivity contribution in [3.63, 3.8) is 0 Å². The second-order valence-electron chi connectivity index (χ2n) is 9.90. The highest BCUT2D eigenvalue weighted by atomic mass is 35.5. The van der Waals surface area contributed by atoms with Gasteiger partial charge in [0, 0.05) is 22.6 Å². The van der Waals surface area contributed by atoms with Crippen LogP contribution in [-0.4, -0.2) is 43.8 Å². The quantitative estimate of drug-likeness (QED) is 0.285. The third-order valence-electron chi connectivity index (χ3n) is 6.74. The highest BCUT2D eigenvalue weighted by Crippen LogP contribution is 2.30. The van der Waals surface area contributed by atoms with Crippen molar-refractivity contribution in [1.82, 2.24) is 10.2 Å². The number of anilines is 1. The smallest absolute Gasteiger partial charge is 0.264 e. The van der Waals surface area contributed by atoms with E-state index in [1.54, 1.807) is 62.4 Å². The van der Waals surface area contributed by atoms with Gasteiger partial charge in [0.1, 0.15) is 12.6 Å². The van der Waals surface area contributed by atoms with E-state index in [0.29, 0.717) is 21.2 Å². The molecule has 40 heavy (non-hydrogen) atoms. The molecule has 0 bridgehead atoms. The molecule has 0 saturated carbocycles. The van der Waals surface area contributed by atoms with Crippen LogP contribution in [-0.2, 0) is 26.2 Å². The van der Waals surface area contributed by atoms with Crippen molar-refractivity contribution < 1.29 is 18.0 Å². The van der Waals surface area contributed by atoms with Crippen LogP contribution in [0.15, 0.2) is 71.6 Å². The molecule has 0 heterocycles. The highest BCUT2D eigenvalue weighted by molar-refractivity contribution is 7.92. The zero-order chi connectivity index (χ0) is 29.6. The Morgan fingerprint density at radius 1 is 0.925 bits per heavy atom. The lowest BCUT2D eigenvalue weighted by Crippen LogP contribution is -2.52. The number of nitrogens with one attached hydrogen (secondary N) is 1. The topological polar surface area (TPSA) is 86.8 Å². The molecule has 0 spiro atoms. The molecular formula is C30H35Cl2N3O4S. The van der Waals surface area contributed by atoms with Gasteiger partial charge in [-0.25, -0.2) is 8.42 Å². The molecule has 0 fully saturated rings. The van der Waals surface area contributed by atoms with E-state index in [-0.39, 0.29) is 29.1 Å². The molecule has 10 heteroatoms. The largest absolute Gasteiger partial charge is 0.352 e. The average molecular weight is 605 g/mol. The van der Waals surface area contributed by atoms with Gasteiger partial charge in [0.2, 0.25) is 11.8 Å². The lowest BCUT2D eigenvalue weighted by molar-refractivity contribution is -0.139. The van der Waals surface area contributed by atoms with Crippen molar-refractivity contribution in [1.29, 1.82) is 0 Å². The molecule has 0 aliphatic heterocycles. The number of carbonyl (C=O) groups is 2. The van der Waals surface area contributed by atoms with Gasteiger partial charge in [-0.2, -0.15) is 0 Å². The standard InChI is InChI=1S/C30H35Cl2N3O4S/c1-6-22(4)33-30(37)23(5)34(18-24-8-7-9-25(31)16-24)29(36)19-35(28-17-26(32)13-12-21(28)3)40(38,39)27-14-10-20(2)11-15-27/h7-17,22-23H,6,18-19H2,1-5H3,(H,33,37)/t22-,23-/m1/s1. The van der Waals surface area contributed by atoms with Crippen LogP contribution in [0, 0.1) is 13.8 Å². The Kier molecular flexibility index (Phi) is 10.6. The van der Waals surface area contributed by atoms with Gasteiger partial charge in [-0.05, 0) is 81.6 Å². The molecule has 2 amide bonds. The van der Waals surface area contributed by atoms with Gasteiger partial charge >= 0.3 is 0 Å². The van der Waals surface area contributed by atoms with E-state index >= 15 is 0 Å². The van der Waals surface area contributed by atoms with Crippen LogP contribution in [0.2, 0.25) is 10.0 Å². The van der Waals surface area contributed by atoms with E-state index < -0.39 is 28.5 Å². The van der Waals surface area contributed by atoms with E-state index in [0.717, 1.165) is 16.3 Å². The molecule has 3 aromatic rings. The predicted octanol–water partition coefficient (Wildman–Crippen LogP) is 6.14. The van der Waals surface area contributed by atoms with Crippen LogP contribution in [0.25, 0.3) is 0 Å². The van der Waals surface area contributed by atoms with Gasteiger partial charge in [0.25, 0.3) is 10.0 Å². The lowest BCUT2D eigenvalue weighted by atomic mass is 10.1. The van der Waals surface area contributed by atoms with Gasteiger partial charge < -0.3 is 10.2 Å². The van der Waals surface area contributed by atoms with Crippen LogP contribution < -0.4 is 9.62 Å². The summed E-state index contributed by atoms with van der Waals surface area (Å²) >= 11 is 12.5. The monoisotopic (exact) mass is 603 g/mol. The molecule has 7 nitrogen and oxygen atoms in total. The zero-order valence-electron chi connectivity index (χ0n) is 23.3. The summed E-state index contributed by atoms with van der Waals surface area (Å²) < 4.78 is 29.0. The third kappa shape index (κ3) is 7.77. The summed E-state index contributed by atoms with van der Waals surface area (Å²) in [7, 11) is -4.18. The zero-order valence-corrected chi connectivity index (χ0v) is 25.6. The minimum absolute atomic E-state index is 0.0363. The van der Waals surface area contributed by atoms with Crippen LogP contribution in [0.1, 0.15) is 43.9 Å². The molecule has 0 aliphatic carbocycles. The summed E-state index contributed by atoms with van der Waals surface area (Å²) in [6, 6.07) is 17.3. The maximum atomic E-state index is 14.0. The van der Waals surface area contributed by atoms with Crippen molar-refractivity contribution in [3.05, 3.63) is 93.5 Å². The van der Waals surface area contributed by atoms with Gasteiger partial charge in [-0.15, -0.1) is 0 Å². The molecule has 0 radical (unpaired) electrons. The van der Waals surface area contributed by atoms with Gasteiger partial charge in [0.15, 0.2) is 0 Å². The molecule has 0 aliphatic rings. The average Bonchev–Trinajstić information content (AvgIpc) is 2.91. The summed E-state index contributed by atoms with van der Waals surface area (Å²) in [5.41, 5.74) is 2.50. The number of carbonyl (C=O) groups excluding carboxylic acids is 2. The SMILES string of the molecule is CC[C@@H](C)NC(=O)[C@@H](C)N(Cc1cccc(Cl)c1)C(=O)CN(c1cc(Cl)ccc1C)S(=O)(=O)c1ccc(C)cc1. The van der Waals surface area contributed by atoms with Crippen molar-refractivity contribution in [2.75, 3.05) is 10.8 Å². The number of rotatable bonds is 11. The minimum atomic E-state index is -4.18. The summed E-state index contributed by atoms with van der Waals surface area (Å²) in [5, 5.41) is 3.73. The Morgan fingerprint density at radius 3 is 2.20 bits per heavy atom. The molecule has 3 aromatic carbocycles. The van der Waals surface area contributed by atoms with Gasteiger partial charge in [0.05, 0.1) is 10.6 Å². The second kappa shape index (κ2) is 13.5. The Bertz CT molecular complexity index is 1460. The highest BCUT2D eigenvalue weighted by Gasteiger charge is 2.33. The number of sulfonamides is 1. The first-order chi connectivity index (χ1) is 18.8. The van der Waals surface area contributed by atoms with E-state index in [1.165, 1.54) is 23.1 Å². The predicted molar refractivity (Wildman–Crippen MR) is 161 cm³/mol. The first-order valence-corrected chi connectivity index (χ1v) is 15.2. The molecule has 2 atom stereocenters. The number of nitrogens with zero attached hydrogens (tertiary/aromatic N) is 2. The fraction of sp³-hybridized carbons (Fsp3) is 0.333. The Morgan fingerprint density at radius 2 is 1.57 bits per heavy atom. The fourth-order valence-corrected chi connectivity index (χ4v) is 5.93. The van der Waals surface area contributed by atoms with Crippen molar-refractivity contribution in [2.24, 2.45) is 0 Å². The molecular weight excluding hydrogens is 569 g/mol. The normalized spacial score (nSPS) is 12.9. The van der Waals surface area contributed by atoms with E-state index in [9.17, 15) is 18.0 Å². The van der Waals surface area contributed by atoms with Crippen LogP contribution in [0.5, 0.6) is 0 Å². The molecule has 1 N–H and O–H groups in total. The molecule has 3 rings (SSSR count). The fourth-order valence-electron chi connectivity index (χ4n) is 4.08. The molecule has 0 aromatic heterocycles. The van der Waals surface area contributed by atoms with E-state index in [1.807, 2.05) is 20.8 Å². The van der Waals surface area contributed by atoms with Crippen LogP contribution in [0.3, 0.4) is 0 Å². The third-order valence-corrected chi connectivity index (χ3v) is 8.98. The van der Waals surface area contributed by atoms with Crippen LogP contribution in [0.4, 0.5) is 5.69 Å². The molecule has 0 saturated heterocycles. The maximum Gasteiger partial charge on any atom is 0.264 e. The van der Waals surface area contributed by atoms with E-state index in [2.05, 4.69) is 5.32 Å². The van der Waals surface area contributed by atoms with Crippen molar-refractivity contribution in [2.45, 2.75) is 64.6 Å². The van der Waals surface area contributed by atoms with Crippen LogP contribution >= 0.6 is 23.2 Å². The molecule has 0 unspecified atom stereocenters. The number of amides is 2. The number of aryl methyl sites for hydroxylation is 2. The lowest BCUT2D eigenvalue weighted by Gasteiger charge is -2.33. The summed E-state index contributed by atoms with van der Waals surface area (Å²) in [6.45, 7) is 8.58. The molecule has 214 valence electrons. The minimum Gasteiger partial charge on any atom is -0.352 e. The summed E-state index contributed by atoms with van der Waals surface area (Å²) in [6.07, 6.45) is 0.720. The summed E-state index contributed by atoms with van der Waals surface area (Å²) in [4.78, 5) is 28.6. The van der Waals surface area contributed by atoms with Crippen molar-refractivity contribution in [3.8, 4) is 0 Å². The van der Waals surface area contributed by atoms with E-state index in [4.69, 9.17) is 23.2 Å². The van der Waals surface area contributed by atoms with Gasteiger partial charge in [-0.3, -0.25) is 13.9 Å². The number of hydrogen-bond acceptors (Lipinski definition) is 4. The van der Waals surface area contributed by atoms with Crippen molar-refractivity contribution >= 4 is 50.7 Å². The number of benzene rings is 3. The number of hydrogen-bond donors (Lipinski definition) is 1. The Balaban J connectivity index is 2.07. The van der Waals surface area contributed by atoms with Gasteiger partial charge in [-0.1, -0.05) is 66.0 Å². The first kappa shape index (κ1) is 31.5. The second-order valence-corrected chi connectivity index (χ2v) is 12.6. The maximum absolute atomic E-state index is 14.0.